The monoisotopic (exact) mass is 252 g/mol. The molecule has 0 aliphatic heterocycles. The molecule has 0 saturated heterocycles. The second-order valence-electron chi connectivity index (χ2n) is 3.74. The number of hydrogen-bond donors (Lipinski definition) is 1. The summed E-state index contributed by atoms with van der Waals surface area (Å²) >= 11 is 0. The molecule has 2 rings (SSSR count). The largest absolute Gasteiger partial charge is 0.481 e. The van der Waals surface area contributed by atoms with Crippen LogP contribution in [0.1, 0.15) is 11.3 Å². The molecule has 2 aromatic rings. The van der Waals surface area contributed by atoms with E-state index in [1.807, 2.05) is 36.4 Å². The van der Waals surface area contributed by atoms with Crippen LogP contribution in [0.15, 0.2) is 41.2 Å². The zero-order valence-electron chi connectivity index (χ0n) is 10.2. The van der Waals surface area contributed by atoms with Gasteiger partial charge in [-0.3, -0.25) is 4.79 Å². The predicted octanol–water partition coefficient (Wildman–Crippen LogP) is 1.95. The molecule has 1 heterocycles. The molecule has 94 valence electrons. The molecule has 0 spiro atoms. The maximum Gasteiger partial charge on any atom is 0.264 e. The Hall–Kier alpha value is -2.80. The predicted molar refractivity (Wildman–Crippen MR) is 74.6 cm³/mol. The molecule has 0 atom stereocenters. The fraction of sp³-hybridized carbons (Fsp3) is 0.0667. The van der Waals surface area contributed by atoms with Gasteiger partial charge in [0, 0.05) is 6.07 Å². The van der Waals surface area contributed by atoms with Gasteiger partial charge in [-0.25, -0.2) is 5.10 Å². The smallest absolute Gasteiger partial charge is 0.264 e. The molecule has 1 aromatic heterocycles. The van der Waals surface area contributed by atoms with Crippen LogP contribution in [-0.2, 0) is 0 Å². The van der Waals surface area contributed by atoms with E-state index in [1.165, 1.54) is 6.07 Å². The highest BCUT2D eigenvalue weighted by atomic mass is 16.5. The van der Waals surface area contributed by atoms with Crippen LogP contribution in [0, 0.1) is 12.3 Å². The number of hydrogen-bond acceptors (Lipinski definition) is 3. The summed E-state index contributed by atoms with van der Waals surface area (Å²) in [5, 5.41) is 6.25. The first-order valence-electron chi connectivity index (χ1n) is 5.68. The van der Waals surface area contributed by atoms with Gasteiger partial charge < -0.3 is 4.74 Å². The van der Waals surface area contributed by atoms with Crippen LogP contribution in [0.25, 0.3) is 12.2 Å². The van der Waals surface area contributed by atoms with Crippen molar-refractivity contribution in [2.24, 2.45) is 0 Å². The Balaban J connectivity index is 2.05. The number of rotatable bonds is 4. The summed E-state index contributed by atoms with van der Waals surface area (Å²) < 4.78 is 5.27. The topological polar surface area (TPSA) is 55.0 Å². The minimum Gasteiger partial charge on any atom is -0.481 e. The minimum atomic E-state index is -0.216. The summed E-state index contributed by atoms with van der Waals surface area (Å²) in [5.74, 6) is 3.14. The quantitative estimate of drug-likeness (QED) is 0.846. The molecule has 1 aromatic carbocycles. The van der Waals surface area contributed by atoms with E-state index in [1.54, 1.807) is 6.07 Å². The molecule has 0 aliphatic rings. The van der Waals surface area contributed by atoms with Gasteiger partial charge in [0.2, 0.25) is 0 Å². The van der Waals surface area contributed by atoms with E-state index >= 15 is 0 Å². The normalized spacial score (nSPS) is 10.3. The standard InChI is InChI=1S/C15H12N2O2/c1-2-11-19-14-8-4-12(5-9-14)3-6-13-7-10-15(18)17-16-13/h1,3-10H,11H2,(H,17,18)/b6-3+. The second kappa shape index (κ2) is 6.22. The third-order valence-electron chi connectivity index (χ3n) is 2.35. The lowest BCUT2D eigenvalue weighted by molar-refractivity contribution is 0.370. The Labute approximate surface area is 110 Å². The second-order valence-corrected chi connectivity index (χ2v) is 3.74. The molecule has 0 bridgehead atoms. The number of terminal acetylenes is 1. The van der Waals surface area contributed by atoms with Crippen molar-refractivity contribution in [3.05, 3.63) is 58.0 Å². The van der Waals surface area contributed by atoms with Crippen LogP contribution in [0.5, 0.6) is 5.75 Å². The minimum absolute atomic E-state index is 0.216. The number of benzene rings is 1. The van der Waals surface area contributed by atoms with E-state index in [4.69, 9.17) is 11.2 Å². The lowest BCUT2D eigenvalue weighted by Gasteiger charge is -2.01. The van der Waals surface area contributed by atoms with Crippen LogP contribution in [0.4, 0.5) is 0 Å². The third-order valence-corrected chi connectivity index (χ3v) is 2.35. The number of H-pyrrole nitrogens is 1. The molecule has 0 saturated carbocycles. The Kier molecular flexibility index (Phi) is 4.14. The van der Waals surface area contributed by atoms with Gasteiger partial charge in [-0.2, -0.15) is 5.10 Å². The number of aromatic amines is 1. The number of ether oxygens (including phenoxy) is 1. The molecular formula is C15H12N2O2. The molecule has 0 aliphatic carbocycles. The zero-order valence-corrected chi connectivity index (χ0v) is 10.2. The van der Waals surface area contributed by atoms with Gasteiger partial charge in [-0.15, -0.1) is 6.42 Å². The van der Waals surface area contributed by atoms with Crippen molar-refractivity contribution < 1.29 is 4.74 Å². The summed E-state index contributed by atoms with van der Waals surface area (Å²) in [5.41, 5.74) is 1.47. The van der Waals surface area contributed by atoms with Crippen LogP contribution in [0.3, 0.4) is 0 Å². The van der Waals surface area contributed by atoms with Gasteiger partial charge in [-0.05, 0) is 29.8 Å². The van der Waals surface area contributed by atoms with E-state index < -0.39 is 0 Å². The summed E-state index contributed by atoms with van der Waals surface area (Å²) in [6.07, 6.45) is 8.82. The Morgan fingerprint density at radius 1 is 1.21 bits per heavy atom. The summed E-state index contributed by atoms with van der Waals surface area (Å²) in [4.78, 5) is 10.8. The van der Waals surface area contributed by atoms with Gasteiger partial charge in [0.25, 0.3) is 5.56 Å². The maximum atomic E-state index is 10.8. The van der Waals surface area contributed by atoms with Gasteiger partial charge in [0.15, 0.2) is 0 Å². The zero-order chi connectivity index (χ0) is 13.5. The van der Waals surface area contributed by atoms with Gasteiger partial charge in [0.1, 0.15) is 12.4 Å². The highest BCUT2D eigenvalue weighted by molar-refractivity contribution is 5.67. The molecule has 1 N–H and O–H groups in total. The SMILES string of the molecule is C#CCOc1ccc(/C=C/c2ccc(=O)[nH]n2)cc1. The molecule has 0 radical (unpaired) electrons. The average Bonchev–Trinajstić information content (AvgIpc) is 2.46. The first-order chi connectivity index (χ1) is 9.28. The van der Waals surface area contributed by atoms with Gasteiger partial charge in [-0.1, -0.05) is 24.1 Å². The Morgan fingerprint density at radius 3 is 2.63 bits per heavy atom. The van der Waals surface area contributed by atoms with Crippen molar-refractivity contribution in [2.45, 2.75) is 0 Å². The van der Waals surface area contributed by atoms with E-state index in [9.17, 15) is 4.79 Å². The maximum absolute atomic E-state index is 10.8. The van der Waals surface area contributed by atoms with Crippen molar-refractivity contribution in [1.29, 1.82) is 0 Å². The van der Waals surface area contributed by atoms with E-state index in [2.05, 4.69) is 16.1 Å². The third kappa shape index (κ3) is 3.86. The van der Waals surface area contributed by atoms with Crippen LogP contribution >= 0.6 is 0 Å². The van der Waals surface area contributed by atoms with E-state index in [0.717, 1.165) is 11.3 Å². The lowest BCUT2D eigenvalue weighted by Crippen LogP contribution is -2.05. The lowest BCUT2D eigenvalue weighted by atomic mass is 10.2. The first kappa shape index (κ1) is 12.7. The van der Waals surface area contributed by atoms with Crippen molar-refractivity contribution in [3.8, 4) is 18.1 Å². The fourth-order valence-electron chi connectivity index (χ4n) is 1.43. The molecule has 0 fully saturated rings. The van der Waals surface area contributed by atoms with Crippen molar-refractivity contribution >= 4 is 12.2 Å². The summed E-state index contributed by atoms with van der Waals surface area (Å²) in [7, 11) is 0. The van der Waals surface area contributed by atoms with Gasteiger partial charge >= 0.3 is 0 Å². The Morgan fingerprint density at radius 2 is 2.00 bits per heavy atom. The highest BCUT2D eigenvalue weighted by Crippen LogP contribution is 2.13. The first-order valence-corrected chi connectivity index (χ1v) is 5.68. The van der Waals surface area contributed by atoms with Crippen LogP contribution in [-0.4, -0.2) is 16.8 Å². The van der Waals surface area contributed by atoms with Crippen molar-refractivity contribution in [2.75, 3.05) is 6.61 Å². The number of aromatic nitrogens is 2. The number of nitrogens with zero attached hydrogens (tertiary/aromatic N) is 1. The molecule has 19 heavy (non-hydrogen) atoms. The summed E-state index contributed by atoms with van der Waals surface area (Å²) in [6.45, 7) is 0.260. The van der Waals surface area contributed by atoms with E-state index in [0.29, 0.717) is 5.69 Å². The van der Waals surface area contributed by atoms with Crippen molar-refractivity contribution in [1.82, 2.24) is 10.2 Å². The molecule has 0 amide bonds. The molecule has 4 heteroatoms. The number of nitrogens with one attached hydrogen (secondary N) is 1. The van der Waals surface area contributed by atoms with E-state index in [-0.39, 0.29) is 12.2 Å². The van der Waals surface area contributed by atoms with Crippen LogP contribution in [0.2, 0.25) is 0 Å². The summed E-state index contributed by atoms with van der Waals surface area (Å²) in [6, 6.07) is 10.6. The van der Waals surface area contributed by atoms with Crippen LogP contribution < -0.4 is 10.3 Å². The Bertz CT molecular complexity index is 643. The molecular weight excluding hydrogens is 240 g/mol. The molecule has 4 nitrogen and oxygen atoms in total. The highest BCUT2D eigenvalue weighted by Gasteiger charge is 1.93. The molecule has 0 unspecified atom stereocenters. The fourth-order valence-corrected chi connectivity index (χ4v) is 1.43. The van der Waals surface area contributed by atoms with Gasteiger partial charge in [0.05, 0.1) is 5.69 Å². The average molecular weight is 252 g/mol. The van der Waals surface area contributed by atoms with Crippen molar-refractivity contribution in [3.63, 3.8) is 0 Å².